The largest absolute Gasteiger partial charge is 0.481 e. The molecule has 0 spiro atoms. The zero-order valence-corrected chi connectivity index (χ0v) is 9.99. The number of nitrogens with zero attached hydrogens (tertiary/aromatic N) is 3. The van der Waals surface area contributed by atoms with Gasteiger partial charge in [-0.05, 0) is 6.92 Å². The zero-order chi connectivity index (χ0) is 12.1. The van der Waals surface area contributed by atoms with Crippen LogP contribution < -0.4 is 4.90 Å². The first-order valence-electron chi connectivity index (χ1n) is 4.80. The van der Waals surface area contributed by atoms with Crippen LogP contribution in [0.2, 0.25) is 0 Å². The number of aromatic nitrogens is 1. The van der Waals surface area contributed by atoms with Gasteiger partial charge in [-0.15, -0.1) is 11.3 Å². The van der Waals surface area contributed by atoms with Gasteiger partial charge < -0.3 is 10.0 Å². The van der Waals surface area contributed by atoms with Gasteiger partial charge in [0.1, 0.15) is 0 Å². The van der Waals surface area contributed by atoms with E-state index in [9.17, 15) is 4.79 Å². The lowest BCUT2D eigenvalue weighted by molar-refractivity contribution is -0.136. The number of carboxylic acid groups (broad SMARTS) is 1. The van der Waals surface area contributed by atoms with E-state index in [4.69, 9.17) is 10.4 Å². The Bertz CT molecular complexity index is 410. The van der Waals surface area contributed by atoms with E-state index < -0.39 is 5.97 Å². The molecule has 0 radical (unpaired) electrons. The molecule has 0 bridgehead atoms. The number of nitriles is 1. The van der Waals surface area contributed by atoms with Crippen molar-refractivity contribution < 1.29 is 9.90 Å². The topological polar surface area (TPSA) is 77.2 Å². The lowest BCUT2D eigenvalue weighted by Crippen LogP contribution is -2.23. The Morgan fingerprint density at radius 2 is 2.50 bits per heavy atom. The summed E-state index contributed by atoms with van der Waals surface area (Å²) in [5.41, 5.74) is 0.559. The smallest absolute Gasteiger partial charge is 0.309 e. The van der Waals surface area contributed by atoms with Crippen LogP contribution in [0.1, 0.15) is 12.6 Å². The average Bonchev–Trinajstić information content (AvgIpc) is 2.65. The highest BCUT2D eigenvalue weighted by Gasteiger charge is 2.11. The molecular weight excluding hydrogens is 226 g/mol. The average molecular weight is 239 g/mol. The van der Waals surface area contributed by atoms with Crippen molar-refractivity contribution >= 4 is 22.4 Å². The van der Waals surface area contributed by atoms with Crippen LogP contribution in [0.15, 0.2) is 5.38 Å². The van der Waals surface area contributed by atoms with Crippen LogP contribution in [0.5, 0.6) is 0 Å². The minimum absolute atomic E-state index is 0.0574. The highest BCUT2D eigenvalue weighted by atomic mass is 32.1. The second-order valence-corrected chi connectivity index (χ2v) is 4.44. The molecule has 0 amide bonds. The van der Waals surface area contributed by atoms with Gasteiger partial charge in [0.2, 0.25) is 0 Å². The van der Waals surface area contributed by atoms with Crippen LogP contribution in [-0.2, 0) is 11.2 Å². The van der Waals surface area contributed by atoms with Crippen molar-refractivity contribution in [1.82, 2.24) is 4.98 Å². The van der Waals surface area contributed by atoms with Crippen LogP contribution in [0.4, 0.5) is 5.13 Å². The fourth-order valence-corrected chi connectivity index (χ4v) is 2.04. The molecule has 0 fully saturated rings. The standard InChI is InChI=1S/C10H13N3O2S/c1-7(4-11)5-13(2)10-12-8(6-16-10)3-9(14)15/h6-7H,3,5H2,1-2H3,(H,14,15). The number of hydrogen-bond donors (Lipinski definition) is 1. The van der Waals surface area contributed by atoms with Crippen molar-refractivity contribution in [3.63, 3.8) is 0 Å². The van der Waals surface area contributed by atoms with Crippen molar-refractivity contribution in [2.75, 3.05) is 18.5 Å². The highest BCUT2D eigenvalue weighted by molar-refractivity contribution is 7.13. The minimum atomic E-state index is -0.884. The van der Waals surface area contributed by atoms with Crippen LogP contribution in [0.3, 0.4) is 0 Å². The Hall–Kier alpha value is -1.61. The maximum Gasteiger partial charge on any atom is 0.309 e. The Morgan fingerprint density at radius 3 is 3.06 bits per heavy atom. The predicted molar refractivity (Wildman–Crippen MR) is 61.5 cm³/mol. The van der Waals surface area contributed by atoms with E-state index in [1.807, 2.05) is 18.9 Å². The first kappa shape index (κ1) is 12.5. The normalized spacial score (nSPS) is 11.8. The number of hydrogen-bond acceptors (Lipinski definition) is 5. The predicted octanol–water partition coefficient (Wildman–Crippen LogP) is 1.37. The van der Waals surface area contributed by atoms with E-state index in [1.165, 1.54) is 11.3 Å². The monoisotopic (exact) mass is 239 g/mol. The van der Waals surface area contributed by atoms with Gasteiger partial charge in [-0.1, -0.05) is 0 Å². The van der Waals surface area contributed by atoms with E-state index >= 15 is 0 Å². The van der Waals surface area contributed by atoms with Crippen LogP contribution >= 0.6 is 11.3 Å². The third-order valence-electron chi connectivity index (χ3n) is 1.97. The number of rotatable bonds is 5. The number of anilines is 1. The van der Waals surface area contributed by atoms with Crippen molar-refractivity contribution in [3.8, 4) is 6.07 Å². The van der Waals surface area contributed by atoms with Gasteiger partial charge in [0.25, 0.3) is 0 Å². The van der Waals surface area contributed by atoms with Gasteiger partial charge in [0.05, 0.1) is 24.1 Å². The summed E-state index contributed by atoms with van der Waals surface area (Å²) >= 11 is 1.39. The number of carboxylic acids is 1. The van der Waals surface area contributed by atoms with Gasteiger partial charge in [-0.2, -0.15) is 5.26 Å². The Labute approximate surface area is 98.0 Å². The molecule has 5 nitrogen and oxygen atoms in total. The van der Waals surface area contributed by atoms with E-state index in [0.717, 1.165) is 5.13 Å². The maximum atomic E-state index is 10.5. The molecule has 1 heterocycles. The highest BCUT2D eigenvalue weighted by Crippen LogP contribution is 2.20. The van der Waals surface area contributed by atoms with E-state index in [2.05, 4.69) is 11.1 Å². The molecule has 0 saturated carbocycles. The summed E-state index contributed by atoms with van der Waals surface area (Å²) in [6.45, 7) is 2.43. The first-order chi connectivity index (χ1) is 7.52. The molecule has 16 heavy (non-hydrogen) atoms. The lowest BCUT2D eigenvalue weighted by atomic mass is 10.2. The third kappa shape index (κ3) is 3.51. The molecule has 1 aromatic heterocycles. The quantitative estimate of drug-likeness (QED) is 0.839. The SMILES string of the molecule is CC(C#N)CN(C)c1nc(CC(=O)O)cs1. The minimum Gasteiger partial charge on any atom is -0.481 e. The summed E-state index contributed by atoms with van der Waals surface area (Å²) in [6.07, 6.45) is -0.0574. The molecule has 0 aromatic carbocycles. The molecule has 1 aromatic rings. The Balaban J connectivity index is 2.63. The molecule has 0 aliphatic rings. The Kier molecular flexibility index (Phi) is 4.26. The lowest BCUT2D eigenvalue weighted by Gasteiger charge is -2.16. The molecule has 0 aliphatic heterocycles. The molecule has 1 unspecified atom stereocenters. The van der Waals surface area contributed by atoms with E-state index in [0.29, 0.717) is 12.2 Å². The second-order valence-electron chi connectivity index (χ2n) is 3.60. The summed E-state index contributed by atoms with van der Waals surface area (Å²) in [6, 6.07) is 2.15. The molecule has 0 saturated heterocycles. The Morgan fingerprint density at radius 1 is 1.81 bits per heavy atom. The van der Waals surface area contributed by atoms with Gasteiger partial charge >= 0.3 is 5.97 Å². The number of thiazole rings is 1. The molecule has 6 heteroatoms. The fourth-order valence-electron chi connectivity index (χ4n) is 1.24. The van der Waals surface area contributed by atoms with Crippen molar-refractivity contribution in [2.45, 2.75) is 13.3 Å². The molecule has 86 valence electrons. The van der Waals surface area contributed by atoms with E-state index in [-0.39, 0.29) is 12.3 Å². The summed E-state index contributed by atoms with van der Waals surface area (Å²) in [7, 11) is 1.84. The molecule has 1 rings (SSSR count). The third-order valence-corrected chi connectivity index (χ3v) is 2.97. The fraction of sp³-hybridized carbons (Fsp3) is 0.500. The number of carbonyl (C=O) groups is 1. The summed E-state index contributed by atoms with van der Waals surface area (Å²) < 4.78 is 0. The molecule has 0 aliphatic carbocycles. The second kappa shape index (κ2) is 5.47. The summed E-state index contributed by atoms with van der Waals surface area (Å²) in [5, 5.41) is 19.8. The molecular formula is C10H13N3O2S. The molecule has 1 N–H and O–H groups in total. The van der Waals surface area contributed by atoms with Gasteiger partial charge in [-0.25, -0.2) is 4.98 Å². The summed E-state index contributed by atoms with van der Waals surface area (Å²) in [5.74, 6) is -0.957. The van der Waals surface area contributed by atoms with Gasteiger partial charge in [0, 0.05) is 19.0 Å². The number of aliphatic carboxylic acids is 1. The maximum absolute atomic E-state index is 10.5. The van der Waals surface area contributed by atoms with E-state index in [1.54, 1.807) is 5.38 Å². The van der Waals surface area contributed by atoms with Crippen LogP contribution in [0, 0.1) is 17.2 Å². The first-order valence-corrected chi connectivity index (χ1v) is 5.68. The van der Waals surface area contributed by atoms with Crippen molar-refractivity contribution in [2.24, 2.45) is 5.92 Å². The van der Waals surface area contributed by atoms with Crippen molar-refractivity contribution in [3.05, 3.63) is 11.1 Å². The summed E-state index contributed by atoms with van der Waals surface area (Å²) in [4.78, 5) is 16.5. The van der Waals surface area contributed by atoms with Crippen molar-refractivity contribution in [1.29, 1.82) is 5.26 Å². The van der Waals surface area contributed by atoms with Crippen LogP contribution in [-0.4, -0.2) is 29.7 Å². The molecule has 1 atom stereocenters. The van der Waals surface area contributed by atoms with Gasteiger partial charge in [0.15, 0.2) is 5.13 Å². The zero-order valence-electron chi connectivity index (χ0n) is 9.17. The van der Waals surface area contributed by atoms with Gasteiger partial charge in [-0.3, -0.25) is 4.79 Å². The van der Waals surface area contributed by atoms with Crippen LogP contribution in [0.25, 0.3) is 0 Å².